The maximum Gasteiger partial charge on any atom is 0.158 e. The van der Waals surface area contributed by atoms with Crippen LogP contribution in [-0.4, -0.2) is 56.8 Å². The lowest BCUT2D eigenvalue weighted by molar-refractivity contribution is 0.250. The van der Waals surface area contributed by atoms with Gasteiger partial charge in [-0.1, -0.05) is 0 Å². The van der Waals surface area contributed by atoms with Crippen molar-refractivity contribution < 1.29 is 9.47 Å². The van der Waals surface area contributed by atoms with Crippen LogP contribution < -0.4 is 25.0 Å². The van der Waals surface area contributed by atoms with Crippen LogP contribution in [0.1, 0.15) is 5.56 Å². The molecule has 2 N–H and O–H groups in total. The summed E-state index contributed by atoms with van der Waals surface area (Å²) in [4.78, 5) is 15.7. The van der Waals surface area contributed by atoms with Gasteiger partial charge in [-0.15, -0.1) is 0 Å². The Morgan fingerprint density at radius 3 is 3.00 bits per heavy atom. The Morgan fingerprint density at radius 2 is 2.06 bits per heavy atom. The molecule has 7 rings (SSSR count). The summed E-state index contributed by atoms with van der Waals surface area (Å²) in [6, 6.07) is 14.2. The molecular formula is C26H24N8O2. The number of pyridine rings is 1. The maximum atomic E-state index is 6.29. The minimum atomic E-state index is 0.338. The highest BCUT2D eigenvalue weighted by atomic mass is 16.5. The van der Waals surface area contributed by atoms with Gasteiger partial charge in [-0.2, -0.15) is 5.10 Å². The molecule has 1 fully saturated rings. The summed E-state index contributed by atoms with van der Waals surface area (Å²) < 4.78 is 14.1. The quantitative estimate of drug-likeness (QED) is 0.399. The van der Waals surface area contributed by atoms with Crippen molar-refractivity contribution >= 4 is 33.7 Å². The Kier molecular flexibility index (Phi) is 4.84. The molecule has 1 saturated heterocycles. The number of piperazine rings is 1. The van der Waals surface area contributed by atoms with Crippen molar-refractivity contribution in [3.8, 4) is 17.2 Å². The molecule has 1 unspecified atom stereocenters. The fraction of sp³-hybridized carbons (Fsp3) is 0.231. The van der Waals surface area contributed by atoms with Gasteiger partial charge in [0.15, 0.2) is 11.4 Å². The normalized spacial score (nSPS) is 16.9. The number of benzene rings is 2. The van der Waals surface area contributed by atoms with Crippen LogP contribution in [0.4, 0.5) is 17.2 Å². The number of rotatable bonds is 4. The molecule has 10 heteroatoms. The van der Waals surface area contributed by atoms with Crippen molar-refractivity contribution in [2.45, 2.75) is 13.0 Å². The highest BCUT2D eigenvalue weighted by molar-refractivity contribution is 6.00. The fourth-order valence-corrected chi connectivity index (χ4v) is 4.95. The molecule has 0 spiro atoms. The Labute approximate surface area is 206 Å². The van der Waals surface area contributed by atoms with E-state index in [9.17, 15) is 0 Å². The summed E-state index contributed by atoms with van der Waals surface area (Å²) in [6.07, 6.45) is 4.93. The molecule has 2 aromatic carbocycles. The van der Waals surface area contributed by atoms with Crippen molar-refractivity contribution in [3.05, 3.63) is 66.9 Å². The number of aryl methyl sites for hydroxylation is 1. The predicted molar refractivity (Wildman–Crippen MR) is 137 cm³/mol. The molecule has 36 heavy (non-hydrogen) atoms. The fourth-order valence-electron chi connectivity index (χ4n) is 4.95. The molecule has 0 saturated carbocycles. The van der Waals surface area contributed by atoms with Crippen LogP contribution in [0.3, 0.4) is 0 Å². The summed E-state index contributed by atoms with van der Waals surface area (Å²) in [5.74, 6) is 3.03. The Bertz CT molecular complexity index is 1600. The van der Waals surface area contributed by atoms with Gasteiger partial charge in [-0.3, -0.25) is 0 Å². The minimum Gasteiger partial charge on any atom is -0.488 e. The number of fused-ring (bicyclic) bond motifs is 6. The summed E-state index contributed by atoms with van der Waals surface area (Å²) in [7, 11) is 0. The third kappa shape index (κ3) is 3.54. The molecule has 180 valence electrons. The summed E-state index contributed by atoms with van der Waals surface area (Å²) >= 11 is 0. The minimum absolute atomic E-state index is 0.338. The second-order valence-corrected chi connectivity index (χ2v) is 9.03. The zero-order valence-electron chi connectivity index (χ0n) is 19.7. The van der Waals surface area contributed by atoms with Gasteiger partial charge >= 0.3 is 0 Å². The second kappa shape index (κ2) is 8.35. The predicted octanol–water partition coefficient (Wildman–Crippen LogP) is 3.69. The van der Waals surface area contributed by atoms with Gasteiger partial charge < -0.3 is 25.0 Å². The number of nitrogens with zero attached hydrogens (tertiary/aromatic N) is 6. The molecule has 0 bridgehead atoms. The molecule has 5 aromatic rings. The summed E-state index contributed by atoms with van der Waals surface area (Å²) in [5.41, 5.74) is 4.57. The summed E-state index contributed by atoms with van der Waals surface area (Å²) in [6.45, 7) is 5.50. The lowest BCUT2D eigenvalue weighted by Gasteiger charge is -2.42. The number of hydrogen-bond donors (Lipinski definition) is 2. The molecule has 0 aliphatic carbocycles. The van der Waals surface area contributed by atoms with E-state index in [0.29, 0.717) is 18.4 Å². The molecule has 0 radical (unpaired) electrons. The monoisotopic (exact) mass is 480 g/mol. The molecule has 0 amide bonds. The van der Waals surface area contributed by atoms with Gasteiger partial charge in [-0.05, 0) is 48.9 Å². The van der Waals surface area contributed by atoms with Gasteiger partial charge in [-0.25, -0.2) is 19.5 Å². The first-order valence-corrected chi connectivity index (χ1v) is 12.0. The SMILES string of the molecule is Cc1cc(Nc2ncnc3ccc4c(c23)OCC2CNCCN42)ccc1Oc1ccn2ncnc2c1. The van der Waals surface area contributed by atoms with E-state index in [1.807, 2.05) is 49.5 Å². The molecular weight excluding hydrogens is 456 g/mol. The van der Waals surface area contributed by atoms with Crippen molar-refractivity contribution in [2.75, 3.05) is 36.5 Å². The van der Waals surface area contributed by atoms with Crippen molar-refractivity contribution in [3.63, 3.8) is 0 Å². The van der Waals surface area contributed by atoms with Crippen LogP contribution in [0.25, 0.3) is 16.6 Å². The van der Waals surface area contributed by atoms with E-state index in [0.717, 1.165) is 70.4 Å². The molecule has 1 atom stereocenters. The standard InChI is InChI=1S/C26H24N8O2/c1-16-10-17(2-5-22(16)36-19-6-8-34-23(11-19)29-15-31-34)32-26-24-20(28-14-30-26)3-4-21-25(24)35-13-18-12-27-7-9-33(18)21/h2-6,8,10-11,14-15,18,27H,7,9,12-13H2,1H3,(H,28,30,32). The summed E-state index contributed by atoms with van der Waals surface area (Å²) in [5, 5.41) is 12.0. The number of aromatic nitrogens is 5. The molecule has 2 aliphatic rings. The van der Waals surface area contributed by atoms with Gasteiger partial charge in [0, 0.05) is 37.6 Å². The average Bonchev–Trinajstić information content (AvgIpc) is 3.38. The number of hydrogen-bond acceptors (Lipinski definition) is 9. The van der Waals surface area contributed by atoms with Gasteiger partial charge in [0.1, 0.15) is 36.6 Å². The van der Waals surface area contributed by atoms with Gasteiger partial charge in [0.2, 0.25) is 0 Å². The Hall–Kier alpha value is -4.44. The van der Waals surface area contributed by atoms with Crippen LogP contribution in [0.5, 0.6) is 17.2 Å². The highest BCUT2D eigenvalue weighted by Crippen LogP contribution is 2.43. The lowest BCUT2D eigenvalue weighted by atomic mass is 10.1. The van der Waals surface area contributed by atoms with Crippen molar-refractivity contribution in [2.24, 2.45) is 0 Å². The Morgan fingerprint density at radius 1 is 1.08 bits per heavy atom. The van der Waals surface area contributed by atoms with E-state index in [-0.39, 0.29) is 0 Å². The molecule has 10 nitrogen and oxygen atoms in total. The maximum absolute atomic E-state index is 6.29. The molecule has 3 aromatic heterocycles. The first-order chi connectivity index (χ1) is 17.7. The van der Waals surface area contributed by atoms with E-state index in [2.05, 4.69) is 41.7 Å². The van der Waals surface area contributed by atoms with Gasteiger partial charge in [0.05, 0.1) is 22.6 Å². The lowest BCUT2D eigenvalue weighted by Crippen LogP contribution is -2.55. The van der Waals surface area contributed by atoms with Crippen molar-refractivity contribution in [1.82, 2.24) is 29.9 Å². The number of nitrogens with one attached hydrogen (secondary N) is 2. The van der Waals surface area contributed by atoms with Crippen molar-refractivity contribution in [1.29, 1.82) is 0 Å². The number of anilines is 3. The zero-order valence-corrected chi connectivity index (χ0v) is 19.7. The van der Waals surface area contributed by atoms with E-state index in [1.165, 1.54) is 6.33 Å². The second-order valence-electron chi connectivity index (χ2n) is 9.03. The zero-order chi connectivity index (χ0) is 24.1. The van der Waals surface area contributed by atoms with E-state index in [4.69, 9.17) is 9.47 Å². The van der Waals surface area contributed by atoms with Crippen LogP contribution in [-0.2, 0) is 0 Å². The van der Waals surface area contributed by atoms with E-state index < -0.39 is 0 Å². The van der Waals surface area contributed by atoms with E-state index >= 15 is 0 Å². The third-order valence-electron chi connectivity index (χ3n) is 6.73. The Balaban J connectivity index is 1.20. The molecule has 5 heterocycles. The van der Waals surface area contributed by atoms with Crippen LogP contribution in [0.15, 0.2) is 61.3 Å². The van der Waals surface area contributed by atoms with Crippen LogP contribution in [0.2, 0.25) is 0 Å². The van der Waals surface area contributed by atoms with E-state index in [1.54, 1.807) is 10.8 Å². The average molecular weight is 481 g/mol. The first kappa shape index (κ1) is 20.9. The smallest absolute Gasteiger partial charge is 0.158 e. The van der Waals surface area contributed by atoms with Crippen LogP contribution in [0, 0.1) is 6.92 Å². The third-order valence-corrected chi connectivity index (χ3v) is 6.73. The topological polar surface area (TPSA) is 102 Å². The first-order valence-electron chi connectivity index (χ1n) is 12.0. The number of ether oxygens (including phenoxy) is 2. The highest BCUT2D eigenvalue weighted by Gasteiger charge is 2.31. The largest absolute Gasteiger partial charge is 0.488 e. The van der Waals surface area contributed by atoms with Gasteiger partial charge in [0.25, 0.3) is 0 Å². The molecule has 2 aliphatic heterocycles. The van der Waals surface area contributed by atoms with Crippen LogP contribution >= 0.6 is 0 Å².